The number of aromatic nitrogens is 1. The number of benzene rings is 2. The minimum atomic E-state index is -1.62. The molecule has 0 spiro atoms. The number of aromatic amines is 1. The number of carbonyl (C=O) groups is 5. The Balaban J connectivity index is 1.76. The van der Waals surface area contributed by atoms with Crippen LogP contribution in [-0.4, -0.2) is 75.6 Å². The number of carboxylic acids is 2. The number of unbranched alkanes of at least 4 members (excludes halogenated alkanes) is 1. The average molecular weight is 595 g/mol. The number of nitrogens with one attached hydrogen (secondary N) is 4. The predicted octanol–water partition coefficient (Wildman–Crippen LogP) is 0.423. The monoisotopic (exact) mass is 594 g/mol. The topological polar surface area (TPSA) is 230 Å². The average Bonchev–Trinajstić information content (AvgIpc) is 3.39. The van der Waals surface area contributed by atoms with E-state index in [-0.39, 0.29) is 12.8 Å². The minimum absolute atomic E-state index is 0.0354. The normalized spacial score (nSPS) is 13.8. The van der Waals surface area contributed by atoms with E-state index < -0.39 is 60.2 Å². The molecule has 1 heterocycles. The zero-order valence-electron chi connectivity index (χ0n) is 23.6. The van der Waals surface area contributed by atoms with Crippen LogP contribution in [-0.2, 0) is 36.8 Å². The zero-order chi connectivity index (χ0) is 31.4. The van der Waals surface area contributed by atoms with E-state index in [0.29, 0.717) is 36.9 Å². The van der Waals surface area contributed by atoms with E-state index >= 15 is 0 Å². The molecule has 0 fully saturated rings. The maximum Gasteiger partial charge on any atom is 0.326 e. The number of rotatable bonds is 17. The number of amides is 3. The van der Waals surface area contributed by atoms with Gasteiger partial charge in [-0.1, -0.05) is 55.0 Å². The third-order valence-electron chi connectivity index (χ3n) is 6.95. The van der Waals surface area contributed by atoms with Gasteiger partial charge in [0.15, 0.2) is 0 Å². The van der Waals surface area contributed by atoms with Gasteiger partial charge in [-0.15, -0.1) is 0 Å². The van der Waals surface area contributed by atoms with Crippen LogP contribution in [0.15, 0.2) is 60.8 Å². The van der Waals surface area contributed by atoms with Crippen LogP contribution >= 0.6 is 0 Å². The Kier molecular flexibility index (Phi) is 12.2. The summed E-state index contributed by atoms with van der Waals surface area (Å²) < 4.78 is 0. The number of carboxylic acid groups (broad SMARTS) is 2. The molecule has 0 radical (unpaired) electrons. The summed E-state index contributed by atoms with van der Waals surface area (Å²) in [4.78, 5) is 66.2. The van der Waals surface area contributed by atoms with Crippen molar-refractivity contribution in [3.63, 3.8) is 0 Å². The molecule has 10 N–H and O–H groups in total. The number of carbonyl (C=O) groups excluding carboxylic acids is 3. The molecule has 3 aromatic rings. The van der Waals surface area contributed by atoms with Gasteiger partial charge in [0.2, 0.25) is 17.7 Å². The predicted molar refractivity (Wildman–Crippen MR) is 159 cm³/mol. The Bertz CT molecular complexity index is 1410. The fraction of sp³-hybridized carbons (Fsp3) is 0.367. The van der Waals surface area contributed by atoms with Crippen molar-refractivity contribution < 1.29 is 34.2 Å². The molecule has 230 valence electrons. The summed E-state index contributed by atoms with van der Waals surface area (Å²) in [6.45, 7) is 0.449. The minimum Gasteiger partial charge on any atom is -0.481 e. The Hall–Kier alpha value is -4.75. The highest BCUT2D eigenvalue weighted by atomic mass is 16.4. The summed E-state index contributed by atoms with van der Waals surface area (Å²) in [5.41, 5.74) is 13.6. The molecule has 4 atom stereocenters. The molecule has 13 heteroatoms. The number of H-pyrrole nitrogens is 1. The van der Waals surface area contributed by atoms with E-state index in [4.69, 9.17) is 11.5 Å². The van der Waals surface area contributed by atoms with Gasteiger partial charge in [0.25, 0.3) is 0 Å². The molecule has 0 saturated heterocycles. The van der Waals surface area contributed by atoms with Crippen LogP contribution < -0.4 is 27.4 Å². The summed E-state index contributed by atoms with van der Waals surface area (Å²) >= 11 is 0. The second-order valence-electron chi connectivity index (χ2n) is 10.3. The number of aliphatic carboxylic acids is 2. The van der Waals surface area contributed by atoms with Gasteiger partial charge in [0.05, 0.1) is 12.5 Å². The fourth-order valence-corrected chi connectivity index (χ4v) is 4.63. The van der Waals surface area contributed by atoms with Crippen molar-refractivity contribution in [2.24, 2.45) is 11.5 Å². The van der Waals surface area contributed by atoms with Crippen LogP contribution in [0.3, 0.4) is 0 Å². The highest BCUT2D eigenvalue weighted by Crippen LogP contribution is 2.19. The van der Waals surface area contributed by atoms with Crippen molar-refractivity contribution in [2.75, 3.05) is 6.54 Å². The quantitative estimate of drug-likeness (QED) is 0.101. The maximum atomic E-state index is 13.4. The second kappa shape index (κ2) is 16.0. The van der Waals surface area contributed by atoms with Gasteiger partial charge in [-0.05, 0) is 36.6 Å². The van der Waals surface area contributed by atoms with Crippen LogP contribution in [0.4, 0.5) is 0 Å². The molecule has 3 amide bonds. The summed E-state index contributed by atoms with van der Waals surface area (Å²) in [7, 11) is 0. The van der Waals surface area contributed by atoms with Crippen molar-refractivity contribution in [3.8, 4) is 0 Å². The van der Waals surface area contributed by atoms with E-state index in [1.807, 2.05) is 12.1 Å². The first-order valence-corrected chi connectivity index (χ1v) is 14.0. The van der Waals surface area contributed by atoms with Crippen LogP contribution in [0.2, 0.25) is 0 Å². The molecule has 4 unspecified atom stereocenters. The standard InChI is InChI=1S/C30H38N6O7/c31-13-7-6-11-21(32)27(39)34-23(14-18-8-2-1-3-9-18)28(40)35-24(16-26(37)38)29(41)36-25(30(42)43)15-19-17-33-22-12-5-4-10-20(19)22/h1-5,8-10,12,17,21,23-25,33H,6-7,11,13-16,31-32H2,(H,34,39)(H,35,40)(H,36,41)(H,37,38)(H,42,43). The molecule has 0 aliphatic heterocycles. The zero-order valence-corrected chi connectivity index (χ0v) is 23.6. The van der Waals surface area contributed by atoms with Crippen LogP contribution in [0, 0.1) is 0 Å². The molecule has 0 bridgehead atoms. The first kappa shape index (κ1) is 32.8. The highest BCUT2D eigenvalue weighted by molar-refractivity contribution is 5.96. The lowest BCUT2D eigenvalue weighted by Gasteiger charge is -2.25. The van der Waals surface area contributed by atoms with Gasteiger partial charge in [0.1, 0.15) is 18.1 Å². The lowest BCUT2D eigenvalue weighted by Crippen LogP contribution is -2.58. The third kappa shape index (κ3) is 9.94. The Morgan fingerprint density at radius 1 is 0.767 bits per heavy atom. The fourth-order valence-electron chi connectivity index (χ4n) is 4.63. The molecule has 0 saturated carbocycles. The van der Waals surface area contributed by atoms with Crippen molar-refractivity contribution >= 4 is 40.6 Å². The summed E-state index contributed by atoms with van der Waals surface area (Å²) in [5, 5.41) is 27.4. The summed E-state index contributed by atoms with van der Waals surface area (Å²) in [5.74, 6) is -5.13. The highest BCUT2D eigenvalue weighted by Gasteiger charge is 2.32. The Morgan fingerprint density at radius 2 is 1.40 bits per heavy atom. The Morgan fingerprint density at radius 3 is 2.07 bits per heavy atom. The lowest BCUT2D eigenvalue weighted by atomic mass is 10.0. The molecule has 43 heavy (non-hydrogen) atoms. The number of hydrogen-bond donors (Lipinski definition) is 8. The van der Waals surface area contributed by atoms with Gasteiger partial charge in [-0.2, -0.15) is 0 Å². The number of hydrogen-bond acceptors (Lipinski definition) is 7. The van der Waals surface area contributed by atoms with E-state index in [9.17, 15) is 34.2 Å². The summed E-state index contributed by atoms with van der Waals surface area (Å²) in [6.07, 6.45) is 2.41. The lowest BCUT2D eigenvalue weighted by molar-refractivity contribution is -0.143. The maximum absolute atomic E-state index is 13.4. The van der Waals surface area contributed by atoms with Crippen LogP contribution in [0.5, 0.6) is 0 Å². The molecule has 0 aliphatic carbocycles. The second-order valence-corrected chi connectivity index (χ2v) is 10.3. The molecule has 13 nitrogen and oxygen atoms in total. The molecule has 1 aromatic heterocycles. The van der Waals surface area contributed by atoms with E-state index in [2.05, 4.69) is 20.9 Å². The van der Waals surface area contributed by atoms with E-state index in [1.54, 1.807) is 48.7 Å². The van der Waals surface area contributed by atoms with Crippen molar-refractivity contribution in [1.29, 1.82) is 0 Å². The van der Waals surface area contributed by atoms with Gasteiger partial charge < -0.3 is 42.6 Å². The third-order valence-corrected chi connectivity index (χ3v) is 6.95. The van der Waals surface area contributed by atoms with E-state index in [0.717, 1.165) is 10.9 Å². The molecular formula is C30H38N6O7. The number of fused-ring (bicyclic) bond motifs is 1. The van der Waals surface area contributed by atoms with Crippen molar-refractivity contribution in [3.05, 3.63) is 71.9 Å². The number of para-hydroxylation sites is 1. The molecular weight excluding hydrogens is 556 g/mol. The van der Waals surface area contributed by atoms with Gasteiger partial charge in [0, 0.05) is 29.9 Å². The summed E-state index contributed by atoms with van der Waals surface area (Å²) in [6, 6.07) is 10.9. The molecule has 3 rings (SSSR count). The smallest absolute Gasteiger partial charge is 0.326 e. The largest absolute Gasteiger partial charge is 0.481 e. The first-order valence-electron chi connectivity index (χ1n) is 14.0. The Labute approximate surface area is 248 Å². The van der Waals surface area contributed by atoms with Crippen LogP contribution in [0.25, 0.3) is 10.9 Å². The van der Waals surface area contributed by atoms with Gasteiger partial charge in [-0.25, -0.2) is 4.79 Å². The van der Waals surface area contributed by atoms with E-state index in [1.165, 1.54) is 0 Å². The molecule has 2 aromatic carbocycles. The first-order chi connectivity index (χ1) is 20.6. The number of nitrogens with two attached hydrogens (primary N) is 2. The SMILES string of the molecule is NCCCCC(N)C(=O)NC(Cc1ccccc1)C(=O)NC(CC(=O)O)C(=O)NC(Cc1c[nH]c2ccccc12)C(=O)O. The van der Waals surface area contributed by atoms with Crippen molar-refractivity contribution in [2.45, 2.75) is 62.7 Å². The molecule has 0 aliphatic rings. The van der Waals surface area contributed by atoms with Gasteiger partial charge in [-0.3, -0.25) is 19.2 Å². The van der Waals surface area contributed by atoms with Crippen LogP contribution in [0.1, 0.15) is 36.8 Å². The van der Waals surface area contributed by atoms with Crippen molar-refractivity contribution in [1.82, 2.24) is 20.9 Å². The van der Waals surface area contributed by atoms with Gasteiger partial charge >= 0.3 is 11.9 Å².